The van der Waals surface area contributed by atoms with Crippen molar-refractivity contribution in [1.29, 1.82) is 0 Å². The summed E-state index contributed by atoms with van der Waals surface area (Å²) in [7, 11) is 0. The fourth-order valence-corrected chi connectivity index (χ4v) is 3.91. The summed E-state index contributed by atoms with van der Waals surface area (Å²) >= 11 is 8.85. The Kier molecular flexibility index (Phi) is 5.74. The van der Waals surface area contributed by atoms with Gasteiger partial charge >= 0.3 is 5.97 Å². The molecule has 2 rings (SSSR count). The first-order valence-corrected chi connectivity index (χ1v) is 8.71. The van der Waals surface area contributed by atoms with Gasteiger partial charge in [-0.25, -0.2) is 0 Å². The van der Waals surface area contributed by atoms with Gasteiger partial charge in [-0.15, -0.1) is 23.1 Å². The molecule has 0 radical (unpaired) electrons. The molecule has 1 aromatic rings. The van der Waals surface area contributed by atoms with Crippen molar-refractivity contribution >= 4 is 46.6 Å². The molecule has 0 aliphatic heterocycles. The van der Waals surface area contributed by atoms with E-state index in [9.17, 15) is 9.59 Å². The molecule has 1 N–H and O–H groups in total. The Morgan fingerprint density at radius 3 is 2.75 bits per heavy atom. The van der Waals surface area contributed by atoms with Gasteiger partial charge in [0.05, 0.1) is 10.1 Å². The molecule has 0 atom stereocenters. The van der Waals surface area contributed by atoms with Crippen LogP contribution in [0, 0.1) is 5.92 Å². The zero-order valence-electron chi connectivity index (χ0n) is 10.9. The Morgan fingerprint density at radius 1 is 1.45 bits per heavy atom. The fraction of sp³-hybridized carbons (Fsp3) is 0.538. The number of amides is 1. The Balaban J connectivity index is 1.76. The maximum absolute atomic E-state index is 12.1. The zero-order chi connectivity index (χ0) is 14.5. The molecule has 0 spiro atoms. The second-order valence-electron chi connectivity index (χ2n) is 4.81. The lowest BCUT2D eigenvalue weighted by molar-refractivity contribution is -0.143. The number of thiophene rings is 1. The molecule has 7 heteroatoms. The minimum Gasteiger partial charge on any atom is -0.480 e. The Morgan fingerprint density at radius 2 is 2.20 bits per heavy atom. The van der Waals surface area contributed by atoms with Crippen molar-refractivity contribution in [1.82, 2.24) is 4.90 Å². The third kappa shape index (κ3) is 5.34. The van der Waals surface area contributed by atoms with Gasteiger partial charge < -0.3 is 10.0 Å². The van der Waals surface area contributed by atoms with E-state index in [2.05, 4.69) is 0 Å². The van der Waals surface area contributed by atoms with Crippen molar-refractivity contribution in [3.05, 3.63) is 21.3 Å². The average Bonchev–Trinajstić information content (AvgIpc) is 3.09. The van der Waals surface area contributed by atoms with Crippen LogP contribution in [0.5, 0.6) is 0 Å². The van der Waals surface area contributed by atoms with Crippen molar-refractivity contribution in [3.8, 4) is 0 Å². The van der Waals surface area contributed by atoms with Crippen LogP contribution in [0.25, 0.3) is 0 Å². The van der Waals surface area contributed by atoms with Gasteiger partial charge in [-0.1, -0.05) is 11.6 Å². The molecule has 1 amide bonds. The van der Waals surface area contributed by atoms with Crippen LogP contribution in [0.1, 0.15) is 17.7 Å². The summed E-state index contributed by atoms with van der Waals surface area (Å²) in [5.74, 6) is 0.503. The van der Waals surface area contributed by atoms with Crippen molar-refractivity contribution < 1.29 is 14.7 Å². The standard InChI is InChI=1S/C13H16ClNO3S2/c14-11-4-3-10(20-11)7-19-8-12(16)15(6-13(17)18)5-9-1-2-9/h3-4,9H,1-2,5-8H2,(H,17,18). The number of hydrogen-bond acceptors (Lipinski definition) is 4. The molecular formula is C13H16ClNO3S2. The Bertz CT molecular complexity index is 488. The highest BCUT2D eigenvalue weighted by Gasteiger charge is 2.27. The van der Waals surface area contributed by atoms with Gasteiger partial charge in [-0.2, -0.15) is 0 Å². The topological polar surface area (TPSA) is 57.6 Å². The highest BCUT2D eigenvalue weighted by molar-refractivity contribution is 7.99. The molecule has 110 valence electrons. The van der Waals surface area contributed by atoms with E-state index in [-0.39, 0.29) is 12.5 Å². The lowest BCUT2D eigenvalue weighted by Gasteiger charge is -2.20. The van der Waals surface area contributed by atoms with Gasteiger partial charge in [0, 0.05) is 17.2 Å². The normalized spacial score (nSPS) is 14.2. The number of carbonyl (C=O) groups excluding carboxylic acids is 1. The van der Waals surface area contributed by atoms with Crippen molar-refractivity contribution in [3.63, 3.8) is 0 Å². The summed E-state index contributed by atoms with van der Waals surface area (Å²) in [5.41, 5.74) is 0. The molecule has 0 saturated heterocycles. The van der Waals surface area contributed by atoms with Crippen LogP contribution in [-0.2, 0) is 15.3 Å². The average molecular weight is 334 g/mol. The summed E-state index contributed by atoms with van der Waals surface area (Å²) in [4.78, 5) is 25.4. The molecule has 1 heterocycles. The van der Waals surface area contributed by atoms with Crippen molar-refractivity contribution in [2.45, 2.75) is 18.6 Å². The van der Waals surface area contributed by atoms with Gasteiger partial charge in [-0.05, 0) is 30.9 Å². The Labute approximate surface area is 131 Å². The van der Waals surface area contributed by atoms with Crippen LogP contribution >= 0.6 is 34.7 Å². The first-order chi connectivity index (χ1) is 9.54. The number of halogens is 1. The van der Waals surface area contributed by atoms with Crippen LogP contribution in [0.2, 0.25) is 4.34 Å². The van der Waals surface area contributed by atoms with Gasteiger partial charge in [0.1, 0.15) is 6.54 Å². The van der Waals surface area contributed by atoms with Gasteiger partial charge in [0.2, 0.25) is 5.91 Å². The second kappa shape index (κ2) is 7.33. The van der Waals surface area contributed by atoms with Crippen LogP contribution in [0.4, 0.5) is 0 Å². The largest absolute Gasteiger partial charge is 0.480 e. The zero-order valence-corrected chi connectivity index (χ0v) is 13.3. The van der Waals surface area contributed by atoms with Gasteiger partial charge in [0.25, 0.3) is 0 Å². The monoisotopic (exact) mass is 333 g/mol. The predicted octanol–water partition coefficient (Wildman–Crippen LogP) is 2.96. The van der Waals surface area contributed by atoms with E-state index >= 15 is 0 Å². The van der Waals surface area contributed by atoms with E-state index in [0.717, 1.165) is 27.8 Å². The number of rotatable bonds is 8. The third-order valence-corrected chi connectivity index (χ3v) is 5.33. The van der Waals surface area contributed by atoms with Crippen molar-refractivity contribution in [2.75, 3.05) is 18.8 Å². The van der Waals surface area contributed by atoms with Gasteiger partial charge in [0.15, 0.2) is 0 Å². The quantitative estimate of drug-likeness (QED) is 0.794. The van der Waals surface area contributed by atoms with Crippen molar-refractivity contribution in [2.24, 2.45) is 5.92 Å². The van der Waals surface area contributed by atoms with E-state index in [4.69, 9.17) is 16.7 Å². The molecule has 1 aromatic heterocycles. The van der Waals surface area contributed by atoms with E-state index in [1.54, 1.807) is 0 Å². The predicted molar refractivity (Wildman–Crippen MR) is 82.4 cm³/mol. The number of nitrogens with zero attached hydrogens (tertiary/aromatic N) is 1. The number of hydrogen-bond donors (Lipinski definition) is 1. The lowest BCUT2D eigenvalue weighted by Crippen LogP contribution is -2.38. The molecule has 0 bridgehead atoms. The second-order valence-corrected chi connectivity index (χ2v) is 7.60. The van der Waals surface area contributed by atoms with E-state index in [1.807, 2.05) is 12.1 Å². The van der Waals surface area contributed by atoms with Gasteiger partial charge in [-0.3, -0.25) is 9.59 Å². The molecule has 1 aliphatic rings. The number of carboxylic acids is 1. The molecule has 1 aliphatic carbocycles. The first kappa shape index (κ1) is 15.7. The molecule has 20 heavy (non-hydrogen) atoms. The highest BCUT2D eigenvalue weighted by atomic mass is 35.5. The van der Waals surface area contributed by atoms with E-state index in [1.165, 1.54) is 28.0 Å². The molecule has 0 unspecified atom stereocenters. The summed E-state index contributed by atoms with van der Waals surface area (Å²) in [5, 5.41) is 8.86. The molecule has 0 aromatic carbocycles. The van der Waals surface area contributed by atoms with Crippen LogP contribution in [-0.4, -0.2) is 40.7 Å². The number of carboxylic acid groups (broad SMARTS) is 1. The van der Waals surface area contributed by atoms with Crippen LogP contribution in [0.3, 0.4) is 0 Å². The molecule has 1 saturated carbocycles. The fourth-order valence-electron chi connectivity index (χ4n) is 1.79. The third-order valence-electron chi connectivity index (χ3n) is 2.95. The molecule has 1 fully saturated rings. The van der Waals surface area contributed by atoms with E-state index < -0.39 is 5.97 Å². The highest BCUT2D eigenvalue weighted by Crippen LogP contribution is 2.30. The lowest BCUT2D eigenvalue weighted by atomic mass is 10.3. The minimum absolute atomic E-state index is 0.0908. The smallest absolute Gasteiger partial charge is 0.323 e. The maximum Gasteiger partial charge on any atom is 0.323 e. The summed E-state index contributed by atoms with van der Waals surface area (Å²) in [6.45, 7) is 0.386. The maximum atomic E-state index is 12.1. The SMILES string of the molecule is O=C(O)CN(CC1CC1)C(=O)CSCc1ccc(Cl)s1. The number of carbonyl (C=O) groups is 2. The molecular weight excluding hydrogens is 318 g/mol. The summed E-state index contributed by atoms with van der Waals surface area (Å²) in [6, 6.07) is 3.79. The first-order valence-electron chi connectivity index (χ1n) is 6.36. The number of aliphatic carboxylic acids is 1. The molecule has 4 nitrogen and oxygen atoms in total. The number of thioether (sulfide) groups is 1. The van der Waals surface area contributed by atoms with Crippen LogP contribution in [0.15, 0.2) is 12.1 Å². The minimum atomic E-state index is -0.950. The summed E-state index contributed by atoms with van der Waals surface area (Å²) < 4.78 is 0.744. The van der Waals surface area contributed by atoms with E-state index in [0.29, 0.717) is 18.2 Å². The summed E-state index contributed by atoms with van der Waals surface area (Å²) in [6.07, 6.45) is 2.20. The Hall–Kier alpha value is -0.720. The van der Waals surface area contributed by atoms with Crippen LogP contribution < -0.4 is 0 Å².